The van der Waals surface area contributed by atoms with Crippen LogP contribution in [0.1, 0.15) is 88.8 Å². The van der Waals surface area contributed by atoms with Crippen molar-refractivity contribution in [3.8, 4) is 0 Å². The molecule has 0 radical (unpaired) electrons. The summed E-state index contributed by atoms with van der Waals surface area (Å²) in [5, 5.41) is 75.2. The van der Waals surface area contributed by atoms with E-state index in [-0.39, 0.29) is 51.7 Å². The third-order valence-electron chi connectivity index (χ3n) is 14.9. The van der Waals surface area contributed by atoms with Crippen LogP contribution in [0.4, 0.5) is 9.59 Å². The second kappa shape index (κ2) is 30.7. The number of hydrogen-bond donors (Lipinski definition) is 9. The molecule has 3 heterocycles. The molecule has 78 heavy (non-hydrogen) atoms. The zero-order valence-electron chi connectivity index (χ0n) is 44.7. The highest BCUT2D eigenvalue weighted by Crippen LogP contribution is 2.38. The van der Waals surface area contributed by atoms with Gasteiger partial charge in [-0.05, 0) is 61.6 Å². The predicted molar refractivity (Wildman–Crippen MR) is 280 cm³/mol. The number of benzene rings is 3. The van der Waals surface area contributed by atoms with Gasteiger partial charge in [0.1, 0.15) is 68.1 Å². The summed E-state index contributed by atoms with van der Waals surface area (Å²) >= 11 is 0. The lowest BCUT2D eigenvalue weighted by molar-refractivity contribution is -0.303. The molecule has 432 valence electrons. The van der Waals surface area contributed by atoms with Gasteiger partial charge >= 0.3 is 12.2 Å². The van der Waals surface area contributed by atoms with Gasteiger partial charge in [-0.3, -0.25) is 4.79 Å². The molecule has 18 atom stereocenters. The van der Waals surface area contributed by atoms with Gasteiger partial charge in [0.2, 0.25) is 5.91 Å². The molecule has 3 saturated heterocycles. The Kier molecular flexibility index (Phi) is 23.9. The second-order valence-corrected chi connectivity index (χ2v) is 20.8. The average molecular weight is 1100 g/mol. The largest absolute Gasteiger partial charge is 0.445 e. The molecule has 7 rings (SSSR count). The molecule has 4 aliphatic rings. The first-order valence-electron chi connectivity index (χ1n) is 27.5. The Morgan fingerprint density at radius 3 is 1.88 bits per heavy atom. The Bertz CT molecular complexity index is 2240. The minimum Gasteiger partial charge on any atom is -0.445 e. The maximum atomic E-state index is 13.8. The number of carbonyl (C=O) groups is 3. The summed E-state index contributed by atoms with van der Waals surface area (Å²) in [6.45, 7) is 4.18. The Balaban J connectivity index is 1.16. The van der Waals surface area contributed by atoms with Gasteiger partial charge in [0.15, 0.2) is 18.9 Å². The summed E-state index contributed by atoms with van der Waals surface area (Å²) in [5.41, 5.74) is 2.67. The standard InChI is InChI=1S/C57H81N3O18/c1-4-17-42(63)52(67)59-40-28-41(60-57(69)72-33-38-23-13-7-14-24-38)48(76-53-34(2)25-26-39(30-61)73-53)50(46(40)65)78-55-51(70-27-16-8-15-20-36-18-9-5-10-19-36)49(44(31-62)75-55)77-54-35(3)45(64)47(66)43(74-54)29-58-56(68)71-32-37-21-11-6-12-22-37/h5-7,9-14,18-19,21-24,34-35,39-51,53-55,61-66H,4,8,15-17,20,25-33H2,1-3H3,(H,58,68)(H,59,67)(H,60,69)/t34-,35-,39+,40-,41+,42+,43+,44-,45-,46+,47-,48-,49-,50-,51-,53-,54-,55+/m1/s1. The van der Waals surface area contributed by atoms with Crippen molar-refractivity contribution in [2.75, 3.05) is 26.4 Å². The molecule has 4 fully saturated rings. The molecule has 21 heteroatoms. The Morgan fingerprint density at radius 1 is 0.628 bits per heavy atom. The molecule has 0 spiro atoms. The van der Waals surface area contributed by atoms with E-state index < -0.39 is 129 Å². The van der Waals surface area contributed by atoms with Crippen molar-refractivity contribution in [1.29, 1.82) is 0 Å². The molecule has 3 aromatic rings. The van der Waals surface area contributed by atoms with E-state index in [1.54, 1.807) is 43.3 Å². The van der Waals surface area contributed by atoms with Gasteiger partial charge in [0, 0.05) is 25.0 Å². The molecule has 1 aliphatic carbocycles. The Morgan fingerprint density at radius 2 is 1.24 bits per heavy atom. The average Bonchev–Trinajstić information content (AvgIpc) is 3.83. The fourth-order valence-corrected chi connectivity index (χ4v) is 10.3. The second-order valence-electron chi connectivity index (χ2n) is 20.8. The number of hydrogen-bond acceptors (Lipinski definition) is 18. The molecular weight excluding hydrogens is 1010 g/mol. The summed E-state index contributed by atoms with van der Waals surface area (Å²) in [6.07, 6.45) is -14.6. The number of alkyl carbamates (subject to hydrolysis) is 2. The van der Waals surface area contributed by atoms with Gasteiger partial charge in [-0.2, -0.15) is 0 Å². The van der Waals surface area contributed by atoms with Crippen LogP contribution in [0.25, 0.3) is 0 Å². The van der Waals surface area contributed by atoms with E-state index in [9.17, 15) is 45.0 Å². The molecule has 3 aliphatic heterocycles. The quantitative estimate of drug-likeness (QED) is 0.0520. The van der Waals surface area contributed by atoms with Crippen LogP contribution in [-0.2, 0) is 67.1 Å². The monoisotopic (exact) mass is 1100 g/mol. The molecule has 3 aromatic carbocycles. The topological polar surface area (TPSA) is 292 Å². The molecule has 1 saturated carbocycles. The molecular formula is C57H81N3O18. The number of nitrogens with one attached hydrogen (secondary N) is 3. The van der Waals surface area contributed by atoms with Crippen molar-refractivity contribution < 1.29 is 87.7 Å². The highest BCUT2D eigenvalue weighted by atomic mass is 16.8. The molecule has 3 amide bonds. The summed E-state index contributed by atoms with van der Waals surface area (Å²) in [7, 11) is 0. The van der Waals surface area contributed by atoms with Crippen LogP contribution in [0.15, 0.2) is 91.0 Å². The van der Waals surface area contributed by atoms with E-state index in [1.807, 2.05) is 56.3 Å². The molecule has 0 aromatic heterocycles. The van der Waals surface area contributed by atoms with Gasteiger partial charge in [0.25, 0.3) is 0 Å². The van der Waals surface area contributed by atoms with E-state index in [0.29, 0.717) is 25.7 Å². The first kappa shape index (κ1) is 60.8. The third-order valence-corrected chi connectivity index (χ3v) is 14.9. The summed E-state index contributed by atoms with van der Waals surface area (Å²) in [4.78, 5) is 40.1. The van der Waals surface area contributed by atoms with Gasteiger partial charge in [0.05, 0.1) is 37.5 Å². The zero-order valence-corrected chi connectivity index (χ0v) is 44.7. The van der Waals surface area contributed by atoms with E-state index in [1.165, 1.54) is 5.56 Å². The van der Waals surface area contributed by atoms with Crippen molar-refractivity contribution in [3.63, 3.8) is 0 Å². The number of amides is 3. The van der Waals surface area contributed by atoms with Crippen LogP contribution >= 0.6 is 0 Å². The van der Waals surface area contributed by atoms with E-state index in [4.69, 9.17) is 42.6 Å². The highest BCUT2D eigenvalue weighted by molar-refractivity contribution is 5.80. The van der Waals surface area contributed by atoms with E-state index in [2.05, 4.69) is 28.1 Å². The lowest BCUT2D eigenvalue weighted by Gasteiger charge is -2.47. The first-order chi connectivity index (χ1) is 37.8. The van der Waals surface area contributed by atoms with Crippen molar-refractivity contribution in [3.05, 3.63) is 108 Å². The number of ether oxygens (including phenoxy) is 9. The maximum absolute atomic E-state index is 13.8. The summed E-state index contributed by atoms with van der Waals surface area (Å²) < 4.78 is 56.9. The number of aryl methyl sites for hydroxylation is 1. The number of carbonyl (C=O) groups excluding carboxylic acids is 3. The van der Waals surface area contributed by atoms with Crippen molar-refractivity contribution in [2.24, 2.45) is 11.8 Å². The summed E-state index contributed by atoms with van der Waals surface area (Å²) in [5.74, 6) is -1.87. The lowest BCUT2D eigenvalue weighted by Crippen LogP contribution is -2.68. The van der Waals surface area contributed by atoms with E-state index >= 15 is 0 Å². The Hall–Kier alpha value is -4.85. The van der Waals surface area contributed by atoms with E-state index in [0.717, 1.165) is 30.4 Å². The predicted octanol–water partition coefficient (Wildman–Crippen LogP) is 3.51. The highest BCUT2D eigenvalue weighted by Gasteiger charge is 2.56. The fourth-order valence-electron chi connectivity index (χ4n) is 10.3. The maximum Gasteiger partial charge on any atom is 0.407 e. The minimum atomic E-state index is -1.61. The van der Waals surface area contributed by atoms with Crippen molar-refractivity contribution >= 4 is 18.1 Å². The minimum absolute atomic E-state index is 0.00765. The van der Waals surface area contributed by atoms with Crippen LogP contribution in [0.3, 0.4) is 0 Å². The van der Waals surface area contributed by atoms with Crippen molar-refractivity contribution in [1.82, 2.24) is 16.0 Å². The number of aliphatic hydroxyl groups is 6. The fraction of sp³-hybridized carbons (Fsp3) is 0.632. The number of rotatable bonds is 26. The van der Waals surface area contributed by atoms with Crippen molar-refractivity contribution in [2.45, 2.75) is 190 Å². The van der Waals surface area contributed by atoms with Gasteiger partial charge in [-0.25, -0.2) is 9.59 Å². The molecule has 21 nitrogen and oxygen atoms in total. The van der Waals surface area contributed by atoms with Crippen LogP contribution in [-0.4, -0.2) is 173 Å². The number of unbranched alkanes of at least 4 members (excludes halogenated alkanes) is 2. The van der Waals surface area contributed by atoms with Gasteiger partial charge in [-0.15, -0.1) is 0 Å². The van der Waals surface area contributed by atoms with Crippen LogP contribution in [0.5, 0.6) is 0 Å². The van der Waals surface area contributed by atoms with Gasteiger partial charge in [-0.1, -0.05) is 125 Å². The van der Waals surface area contributed by atoms with Crippen LogP contribution in [0.2, 0.25) is 0 Å². The smallest absolute Gasteiger partial charge is 0.407 e. The molecule has 9 N–H and O–H groups in total. The third kappa shape index (κ3) is 17.1. The zero-order chi connectivity index (χ0) is 55.6. The first-order valence-corrected chi connectivity index (χ1v) is 27.5. The normalized spacial score (nSPS) is 32.4. The van der Waals surface area contributed by atoms with Gasteiger partial charge < -0.3 is 89.2 Å². The SMILES string of the molecule is CCC[C@H](O)C(=O)N[C@@H]1C[C@H](NC(=O)OCc2ccccc2)[C@@H](O[C@H]2O[C@H](CO)CC[C@H]2C)[C@H](O[C@@H]2O[C@H](CO)[C@@H](O[C@H]3O[C@@H](CNC(=O)OCc4ccccc4)[C@@H](O)[C@H](O)[C@H]3C)[C@H]2OCCCCCc2ccccc2)[C@H]1O. The lowest BCUT2D eigenvalue weighted by atomic mass is 9.83. The molecule has 0 unspecified atom stereocenters. The Labute approximate surface area is 456 Å². The van der Waals surface area contributed by atoms with Crippen LogP contribution in [0, 0.1) is 11.8 Å². The van der Waals surface area contributed by atoms with Crippen LogP contribution < -0.4 is 16.0 Å². The number of aliphatic hydroxyl groups excluding tert-OH is 6. The summed E-state index contributed by atoms with van der Waals surface area (Å²) in [6, 6.07) is 25.9. The molecule has 0 bridgehead atoms.